The Labute approximate surface area is 149 Å². The first-order valence-electron chi connectivity index (χ1n) is 8.50. The molecule has 1 N–H and O–H groups in total. The fourth-order valence-corrected chi connectivity index (χ4v) is 3.39. The summed E-state index contributed by atoms with van der Waals surface area (Å²) in [7, 11) is 0. The van der Waals surface area contributed by atoms with Gasteiger partial charge in [-0.2, -0.15) is 0 Å². The SMILES string of the molecule is Cc1ccc(C(=O)N2CCCC(C(=O)N3CCNCC3)C2)cc1.Cl. The second-order valence-electron chi connectivity index (χ2n) is 6.53. The maximum absolute atomic E-state index is 12.7. The summed E-state index contributed by atoms with van der Waals surface area (Å²) in [5.41, 5.74) is 1.86. The minimum atomic E-state index is -0.0451. The summed E-state index contributed by atoms with van der Waals surface area (Å²) < 4.78 is 0. The standard InChI is InChI=1S/C18H25N3O2.ClH/c1-14-4-6-15(7-5-14)17(22)21-10-2-3-16(13-21)18(23)20-11-8-19-9-12-20;/h4-7,16,19H,2-3,8-13H2,1H3;1H. The van der Waals surface area contributed by atoms with Gasteiger partial charge in [0.25, 0.3) is 5.91 Å². The molecule has 0 aliphatic carbocycles. The van der Waals surface area contributed by atoms with E-state index in [0.29, 0.717) is 12.1 Å². The molecule has 0 saturated carbocycles. The van der Waals surface area contributed by atoms with Gasteiger partial charge in [0.15, 0.2) is 0 Å². The highest BCUT2D eigenvalue weighted by Crippen LogP contribution is 2.21. The molecule has 24 heavy (non-hydrogen) atoms. The Hall–Kier alpha value is -1.59. The number of carbonyl (C=O) groups excluding carboxylic acids is 2. The first-order chi connectivity index (χ1) is 11.1. The zero-order valence-corrected chi connectivity index (χ0v) is 15.0. The Balaban J connectivity index is 0.00000208. The predicted octanol–water partition coefficient (Wildman–Crippen LogP) is 1.70. The van der Waals surface area contributed by atoms with E-state index in [0.717, 1.165) is 51.1 Å². The number of nitrogens with one attached hydrogen (secondary N) is 1. The Morgan fingerprint density at radius 2 is 1.71 bits per heavy atom. The highest BCUT2D eigenvalue weighted by Gasteiger charge is 2.31. The number of rotatable bonds is 2. The maximum atomic E-state index is 12.7. The molecule has 0 spiro atoms. The van der Waals surface area contributed by atoms with Crippen molar-refractivity contribution in [3.05, 3.63) is 35.4 Å². The number of hydrogen-bond acceptors (Lipinski definition) is 3. The van der Waals surface area contributed by atoms with Gasteiger partial charge in [0.2, 0.25) is 5.91 Å². The number of amides is 2. The zero-order valence-electron chi connectivity index (χ0n) is 14.2. The van der Waals surface area contributed by atoms with Gasteiger partial charge >= 0.3 is 0 Å². The summed E-state index contributed by atoms with van der Waals surface area (Å²) in [5.74, 6) is 0.215. The van der Waals surface area contributed by atoms with Crippen molar-refractivity contribution in [1.29, 1.82) is 0 Å². The Kier molecular flexibility index (Phi) is 6.63. The molecular formula is C18H26ClN3O2. The van der Waals surface area contributed by atoms with E-state index in [-0.39, 0.29) is 30.1 Å². The molecule has 1 aromatic carbocycles. The quantitative estimate of drug-likeness (QED) is 0.882. The normalized spacial score (nSPS) is 21.1. The number of hydrogen-bond donors (Lipinski definition) is 1. The molecule has 5 nitrogen and oxygen atoms in total. The van der Waals surface area contributed by atoms with Gasteiger partial charge in [-0.3, -0.25) is 9.59 Å². The van der Waals surface area contributed by atoms with Gasteiger partial charge in [-0.25, -0.2) is 0 Å². The van der Waals surface area contributed by atoms with Gasteiger partial charge in [-0.15, -0.1) is 12.4 Å². The van der Waals surface area contributed by atoms with Gasteiger partial charge in [0.05, 0.1) is 5.92 Å². The van der Waals surface area contributed by atoms with Crippen molar-refractivity contribution in [3.63, 3.8) is 0 Å². The Bertz CT molecular complexity index is 570. The molecule has 1 aromatic rings. The van der Waals surface area contributed by atoms with Crippen LogP contribution in [-0.4, -0.2) is 60.9 Å². The van der Waals surface area contributed by atoms with E-state index in [1.54, 1.807) is 0 Å². The lowest BCUT2D eigenvalue weighted by Gasteiger charge is -2.36. The fraction of sp³-hybridized carbons (Fsp3) is 0.556. The molecule has 2 fully saturated rings. The first kappa shape index (κ1) is 18.7. The van der Waals surface area contributed by atoms with E-state index in [1.807, 2.05) is 41.0 Å². The number of benzene rings is 1. The van der Waals surface area contributed by atoms with Crippen LogP contribution in [0.25, 0.3) is 0 Å². The first-order valence-corrected chi connectivity index (χ1v) is 8.50. The van der Waals surface area contributed by atoms with Crippen molar-refractivity contribution in [2.24, 2.45) is 5.92 Å². The lowest BCUT2D eigenvalue weighted by Crippen LogP contribution is -2.52. The van der Waals surface area contributed by atoms with Crippen molar-refractivity contribution in [1.82, 2.24) is 15.1 Å². The number of piperidine rings is 1. The number of halogens is 1. The van der Waals surface area contributed by atoms with Crippen LogP contribution < -0.4 is 5.32 Å². The Morgan fingerprint density at radius 1 is 1.04 bits per heavy atom. The van der Waals surface area contributed by atoms with E-state index in [9.17, 15) is 9.59 Å². The predicted molar refractivity (Wildman–Crippen MR) is 96.5 cm³/mol. The minimum Gasteiger partial charge on any atom is -0.340 e. The summed E-state index contributed by atoms with van der Waals surface area (Å²) in [6, 6.07) is 7.67. The third-order valence-electron chi connectivity index (χ3n) is 4.79. The number of carbonyl (C=O) groups is 2. The van der Waals surface area contributed by atoms with Gasteiger partial charge in [0, 0.05) is 44.8 Å². The average molecular weight is 352 g/mol. The van der Waals surface area contributed by atoms with Gasteiger partial charge in [0.1, 0.15) is 0 Å². The highest BCUT2D eigenvalue weighted by molar-refractivity contribution is 5.94. The number of piperazine rings is 1. The molecule has 2 saturated heterocycles. The molecular weight excluding hydrogens is 326 g/mol. The molecule has 0 aromatic heterocycles. The van der Waals surface area contributed by atoms with Crippen LogP contribution in [0.3, 0.4) is 0 Å². The average Bonchev–Trinajstić information content (AvgIpc) is 2.62. The van der Waals surface area contributed by atoms with E-state index in [4.69, 9.17) is 0 Å². The van der Waals surface area contributed by atoms with E-state index in [2.05, 4.69) is 5.32 Å². The summed E-state index contributed by atoms with van der Waals surface area (Å²) in [6.07, 6.45) is 1.79. The second kappa shape index (κ2) is 8.49. The Morgan fingerprint density at radius 3 is 2.38 bits per heavy atom. The number of likely N-dealkylation sites (tertiary alicyclic amines) is 1. The molecule has 2 heterocycles. The van der Waals surface area contributed by atoms with Crippen molar-refractivity contribution in [3.8, 4) is 0 Å². The second-order valence-corrected chi connectivity index (χ2v) is 6.53. The van der Waals surface area contributed by atoms with Crippen molar-refractivity contribution in [2.75, 3.05) is 39.3 Å². The van der Waals surface area contributed by atoms with E-state index >= 15 is 0 Å². The lowest BCUT2D eigenvalue weighted by molar-refractivity contribution is -0.137. The molecule has 0 radical (unpaired) electrons. The smallest absolute Gasteiger partial charge is 0.253 e. The molecule has 1 atom stereocenters. The lowest BCUT2D eigenvalue weighted by atomic mass is 9.95. The van der Waals surface area contributed by atoms with Crippen LogP contribution in [0, 0.1) is 12.8 Å². The van der Waals surface area contributed by atoms with Crippen molar-refractivity contribution in [2.45, 2.75) is 19.8 Å². The topological polar surface area (TPSA) is 52.7 Å². The maximum Gasteiger partial charge on any atom is 0.253 e. The third-order valence-corrected chi connectivity index (χ3v) is 4.79. The summed E-state index contributed by atoms with van der Waals surface area (Å²) in [6.45, 7) is 6.60. The number of aryl methyl sites for hydroxylation is 1. The molecule has 2 aliphatic rings. The third kappa shape index (κ3) is 4.28. The molecule has 1 unspecified atom stereocenters. The molecule has 3 rings (SSSR count). The monoisotopic (exact) mass is 351 g/mol. The van der Waals surface area contributed by atoms with Crippen molar-refractivity contribution < 1.29 is 9.59 Å². The molecule has 6 heteroatoms. The van der Waals surface area contributed by atoms with Crippen LogP contribution in [0.15, 0.2) is 24.3 Å². The van der Waals surface area contributed by atoms with Crippen LogP contribution in [0.5, 0.6) is 0 Å². The molecule has 132 valence electrons. The van der Waals surface area contributed by atoms with Crippen LogP contribution in [-0.2, 0) is 4.79 Å². The van der Waals surface area contributed by atoms with Gasteiger partial charge in [-0.1, -0.05) is 17.7 Å². The van der Waals surface area contributed by atoms with Gasteiger partial charge < -0.3 is 15.1 Å². The van der Waals surface area contributed by atoms with Crippen LogP contribution in [0.1, 0.15) is 28.8 Å². The van der Waals surface area contributed by atoms with Crippen LogP contribution in [0.2, 0.25) is 0 Å². The molecule has 2 aliphatic heterocycles. The van der Waals surface area contributed by atoms with Crippen LogP contribution in [0.4, 0.5) is 0 Å². The van der Waals surface area contributed by atoms with Crippen LogP contribution >= 0.6 is 12.4 Å². The minimum absolute atomic E-state index is 0. The van der Waals surface area contributed by atoms with E-state index in [1.165, 1.54) is 0 Å². The summed E-state index contributed by atoms with van der Waals surface area (Å²) in [4.78, 5) is 29.1. The summed E-state index contributed by atoms with van der Waals surface area (Å²) in [5, 5.41) is 3.27. The number of nitrogens with zero attached hydrogens (tertiary/aromatic N) is 2. The fourth-order valence-electron chi connectivity index (χ4n) is 3.39. The largest absolute Gasteiger partial charge is 0.340 e. The highest BCUT2D eigenvalue weighted by atomic mass is 35.5. The zero-order chi connectivity index (χ0) is 16.2. The van der Waals surface area contributed by atoms with Gasteiger partial charge in [-0.05, 0) is 31.9 Å². The molecule has 0 bridgehead atoms. The molecule has 2 amide bonds. The van der Waals surface area contributed by atoms with E-state index < -0.39 is 0 Å². The summed E-state index contributed by atoms with van der Waals surface area (Å²) >= 11 is 0. The van der Waals surface area contributed by atoms with Crippen molar-refractivity contribution >= 4 is 24.2 Å².